The van der Waals surface area contributed by atoms with Gasteiger partial charge in [0.15, 0.2) is 0 Å². The molecule has 2 heterocycles. The van der Waals surface area contributed by atoms with Crippen molar-refractivity contribution < 1.29 is 12.8 Å². The average Bonchev–Trinajstić information content (AvgIpc) is 3.22. The number of nitrogens with one attached hydrogen (secondary N) is 1. The van der Waals surface area contributed by atoms with Crippen molar-refractivity contribution >= 4 is 9.84 Å². The number of aryl methyl sites for hydroxylation is 1. The molecule has 0 radical (unpaired) electrons. The summed E-state index contributed by atoms with van der Waals surface area (Å²) in [7, 11) is -3.76. The van der Waals surface area contributed by atoms with E-state index in [1.54, 1.807) is 0 Å². The van der Waals surface area contributed by atoms with Crippen LogP contribution in [-0.2, 0) is 22.7 Å². The van der Waals surface area contributed by atoms with Crippen LogP contribution in [0.15, 0.2) is 39.9 Å². The number of sulfone groups is 1. The summed E-state index contributed by atoms with van der Waals surface area (Å²) in [4.78, 5) is 7.25. The fourth-order valence-corrected chi connectivity index (χ4v) is 3.95. The SMILES string of the molecule is Cc1[nH]c(S(=O)(=O)C(C)c2nnc(CC(C)C)o2)nc1Cc1ccccc1. The quantitative estimate of drug-likeness (QED) is 0.665. The number of imidazole rings is 1. The lowest BCUT2D eigenvalue weighted by atomic mass is 10.1. The largest absolute Gasteiger partial charge is 0.424 e. The van der Waals surface area contributed by atoms with Gasteiger partial charge in [-0.3, -0.25) is 0 Å². The molecule has 3 rings (SSSR count). The smallest absolute Gasteiger partial charge is 0.234 e. The third-order valence-electron chi connectivity index (χ3n) is 4.33. The van der Waals surface area contributed by atoms with Gasteiger partial charge in [-0.15, -0.1) is 10.2 Å². The standard InChI is InChI=1S/C19H24N4O3S/c1-12(2)10-17-22-23-18(26-17)14(4)27(24,25)19-20-13(3)16(21-19)11-15-8-6-5-7-9-15/h5-9,12,14H,10-11H2,1-4H3,(H,20,21). The molecule has 1 aromatic carbocycles. The topological polar surface area (TPSA) is 102 Å². The molecule has 0 aliphatic heterocycles. The Morgan fingerprint density at radius 1 is 1.11 bits per heavy atom. The second kappa shape index (κ2) is 7.64. The van der Waals surface area contributed by atoms with E-state index in [-0.39, 0.29) is 11.0 Å². The Bertz CT molecular complexity index is 1010. The first-order valence-corrected chi connectivity index (χ1v) is 10.5. The molecule has 1 atom stereocenters. The molecule has 2 aromatic heterocycles. The van der Waals surface area contributed by atoms with E-state index in [9.17, 15) is 8.42 Å². The Balaban J connectivity index is 1.84. The van der Waals surface area contributed by atoms with E-state index in [2.05, 4.69) is 20.2 Å². The number of nitrogens with zero attached hydrogens (tertiary/aromatic N) is 3. The van der Waals surface area contributed by atoms with Crippen LogP contribution in [0.5, 0.6) is 0 Å². The molecule has 0 aliphatic carbocycles. The van der Waals surface area contributed by atoms with E-state index in [1.165, 1.54) is 6.92 Å². The van der Waals surface area contributed by atoms with Crippen molar-refractivity contribution in [3.8, 4) is 0 Å². The molecule has 27 heavy (non-hydrogen) atoms. The first kappa shape index (κ1) is 19.3. The van der Waals surface area contributed by atoms with Crippen LogP contribution < -0.4 is 0 Å². The molecule has 8 heteroatoms. The lowest BCUT2D eigenvalue weighted by Crippen LogP contribution is -2.13. The lowest BCUT2D eigenvalue weighted by molar-refractivity contribution is 0.422. The number of aromatic amines is 1. The second-order valence-corrected chi connectivity index (χ2v) is 9.28. The molecule has 0 saturated carbocycles. The number of benzene rings is 1. The summed E-state index contributed by atoms with van der Waals surface area (Å²) in [6, 6.07) is 9.80. The van der Waals surface area contributed by atoms with Crippen LogP contribution in [0.1, 0.15) is 54.8 Å². The van der Waals surface area contributed by atoms with Gasteiger partial charge in [0.05, 0.1) is 5.69 Å². The molecule has 1 N–H and O–H groups in total. The number of aromatic nitrogens is 4. The summed E-state index contributed by atoms with van der Waals surface area (Å²) in [6.45, 7) is 7.42. The van der Waals surface area contributed by atoms with Crippen molar-refractivity contribution in [1.29, 1.82) is 0 Å². The van der Waals surface area contributed by atoms with Crippen LogP contribution in [-0.4, -0.2) is 28.6 Å². The number of hydrogen-bond donors (Lipinski definition) is 1. The molecule has 7 nitrogen and oxygen atoms in total. The highest BCUT2D eigenvalue weighted by Crippen LogP contribution is 2.27. The van der Waals surface area contributed by atoms with E-state index >= 15 is 0 Å². The first-order valence-electron chi connectivity index (χ1n) is 8.93. The molecule has 1 unspecified atom stereocenters. The van der Waals surface area contributed by atoms with Gasteiger partial charge in [-0.25, -0.2) is 13.4 Å². The Kier molecular flexibility index (Phi) is 5.46. The van der Waals surface area contributed by atoms with E-state index in [4.69, 9.17) is 4.42 Å². The highest BCUT2D eigenvalue weighted by Gasteiger charge is 2.33. The molecule has 0 bridgehead atoms. The van der Waals surface area contributed by atoms with Crippen molar-refractivity contribution in [1.82, 2.24) is 20.2 Å². The fraction of sp³-hybridized carbons (Fsp3) is 0.421. The number of rotatable bonds is 7. The summed E-state index contributed by atoms with van der Waals surface area (Å²) in [5, 5.41) is 6.83. The zero-order valence-electron chi connectivity index (χ0n) is 15.9. The predicted octanol–water partition coefficient (Wildman–Crippen LogP) is 3.43. The van der Waals surface area contributed by atoms with Gasteiger partial charge in [-0.1, -0.05) is 44.2 Å². The Labute approximate surface area is 159 Å². The molecule has 0 aliphatic rings. The van der Waals surface area contributed by atoms with E-state index in [0.717, 1.165) is 11.3 Å². The maximum atomic E-state index is 13.0. The molecular formula is C19H24N4O3S. The molecule has 0 spiro atoms. The van der Waals surface area contributed by atoms with Crippen molar-refractivity contribution in [2.75, 3.05) is 0 Å². The van der Waals surface area contributed by atoms with Crippen LogP contribution in [0.4, 0.5) is 0 Å². The Morgan fingerprint density at radius 2 is 1.81 bits per heavy atom. The average molecular weight is 388 g/mol. The highest BCUT2D eigenvalue weighted by atomic mass is 32.2. The molecular weight excluding hydrogens is 364 g/mol. The van der Waals surface area contributed by atoms with Crippen LogP contribution in [0.3, 0.4) is 0 Å². The minimum absolute atomic E-state index is 0.0676. The van der Waals surface area contributed by atoms with Crippen LogP contribution in [0, 0.1) is 12.8 Å². The van der Waals surface area contributed by atoms with Crippen LogP contribution in [0.2, 0.25) is 0 Å². The summed E-state index contributed by atoms with van der Waals surface area (Å²) < 4.78 is 31.5. The molecule has 3 aromatic rings. The summed E-state index contributed by atoms with van der Waals surface area (Å²) in [5.41, 5.74) is 2.51. The summed E-state index contributed by atoms with van der Waals surface area (Å²) in [5.74, 6) is 0.880. The van der Waals surface area contributed by atoms with E-state index in [1.807, 2.05) is 51.1 Å². The van der Waals surface area contributed by atoms with E-state index < -0.39 is 15.1 Å². The molecule has 144 valence electrons. The maximum Gasteiger partial charge on any atom is 0.234 e. The number of hydrogen-bond acceptors (Lipinski definition) is 6. The van der Waals surface area contributed by atoms with Gasteiger partial charge in [0, 0.05) is 18.5 Å². The molecule has 0 saturated heterocycles. The van der Waals surface area contributed by atoms with Gasteiger partial charge in [0.1, 0.15) is 5.25 Å². The van der Waals surface area contributed by atoms with E-state index in [0.29, 0.717) is 30.3 Å². The summed E-state index contributed by atoms with van der Waals surface area (Å²) >= 11 is 0. The molecule has 0 amide bonds. The predicted molar refractivity (Wildman–Crippen MR) is 101 cm³/mol. The van der Waals surface area contributed by atoms with Crippen LogP contribution >= 0.6 is 0 Å². The van der Waals surface area contributed by atoms with Gasteiger partial charge in [0.2, 0.25) is 26.8 Å². The van der Waals surface area contributed by atoms with Gasteiger partial charge in [0.25, 0.3) is 0 Å². The highest BCUT2D eigenvalue weighted by molar-refractivity contribution is 7.91. The molecule has 0 fully saturated rings. The minimum Gasteiger partial charge on any atom is -0.424 e. The van der Waals surface area contributed by atoms with Crippen molar-refractivity contribution in [2.45, 2.75) is 50.9 Å². The van der Waals surface area contributed by atoms with Gasteiger partial charge in [-0.05, 0) is 25.3 Å². The second-order valence-electron chi connectivity index (χ2n) is 7.10. The van der Waals surface area contributed by atoms with Crippen molar-refractivity contribution in [2.24, 2.45) is 5.92 Å². The summed E-state index contributed by atoms with van der Waals surface area (Å²) in [6.07, 6.45) is 1.17. The maximum absolute atomic E-state index is 13.0. The first-order chi connectivity index (χ1) is 12.8. The van der Waals surface area contributed by atoms with Crippen molar-refractivity contribution in [3.63, 3.8) is 0 Å². The van der Waals surface area contributed by atoms with Crippen molar-refractivity contribution in [3.05, 3.63) is 59.1 Å². The third-order valence-corrected chi connectivity index (χ3v) is 6.19. The normalized spacial score (nSPS) is 13.2. The zero-order chi connectivity index (χ0) is 19.6. The number of H-pyrrole nitrogens is 1. The minimum atomic E-state index is -3.76. The Morgan fingerprint density at radius 3 is 2.48 bits per heavy atom. The fourth-order valence-electron chi connectivity index (χ4n) is 2.73. The van der Waals surface area contributed by atoms with Gasteiger partial charge in [-0.2, -0.15) is 0 Å². The zero-order valence-corrected chi connectivity index (χ0v) is 16.7. The Hall–Kier alpha value is -2.48. The van der Waals surface area contributed by atoms with Gasteiger partial charge >= 0.3 is 0 Å². The van der Waals surface area contributed by atoms with Crippen LogP contribution in [0.25, 0.3) is 0 Å². The third kappa shape index (κ3) is 4.27. The monoisotopic (exact) mass is 388 g/mol. The van der Waals surface area contributed by atoms with Gasteiger partial charge < -0.3 is 9.40 Å². The lowest BCUT2D eigenvalue weighted by Gasteiger charge is -2.06.